The molecule has 126 heavy (non-hydrogen) atoms. The number of aliphatic hydroxyl groups is 1. The van der Waals surface area contributed by atoms with Gasteiger partial charge in [-0.3, -0.25) is 57.5 Å². The first-order valence-corrected chi connectivity index (χ1v) is 44.9. The van der Waals surface area contributed by atoms with Crippen LogP contribution in [0.1, 0.15) is 97.3 Å². The highest BCUT2D eigenvalue weighted by molar-refractivity contribution is 8.44. The van der Waals surface area contributed by atoms with Crippen LogP contribution in [-0.4, -0.2) is 256 Å². The van der Waals surface area contributed by atoms with E-state index in [9.17, 15) is 52.6 Å². The Bertz CT molecular complexity index is 4880. The number of nitrogens with one attached hydrogen (secondary N) is 6. The number of hydrogen-bond acceptors (Lipinski definition) is 31. The summed E-state index contributed by atoms with van der Waals surface area (Å²) in [5.74, 6) is 3.00. The van der Waals surface area contributed by atoms with Gasteiger partial charge in [-0.1, -0.05) is 98.6 Å². The topological polar surface area (TPSA) is 468 Å². The molecule has 5 heterocycles. The lowest BCUT2D eigenvalue weighted by Crippen LogP contribution is -2.53. The standard InChI is InChI=1S/C83H107N13O26P2S2/c1-54(2)72(90-69(98)26-29-108-31-33-110-35-37-112-39-41-114-43-44-115-42-40-113-38-36-111-34-32-109-30-28-85-68(97)23-24-71(99)95-48-59-13-6-5-11-57(59)19-20-58-12-8-10-16-65(58)95)79(103)88-55(3)77(101)89-62-21-17-56(18-22-62)49-116-83(105)94(4)47-60-14-7-9-15-64(60)78(102)92-82-91-76-73(80(104)93-82)87-53-96(76)81-75(74(100)67(120-81)51-117-123-106)121-124(107,126)118-50-61-45-63(46-66(61)122-125)119-70-25-27-84-52-86-70/h5-18,21-22,25,27,52-55,61,63,66-67,72,74-75,81,100,125H,23-24,26,28-51,123H2,1-4H3,(H,85,97)(H,88,103)(H,89,101)(H,90,98)(H,107,126)(H2,91,92,93,102,104)/t55-,61+,63+,66-,67+,72-,74+,75+,81+,124+/m0/s1. The van der Waals surface area contributed by atoms with Crippen molar-refractivity contribution in [3.63, 3.8) is 0 Å². The van der Waals surface area contributed by atoms with Gasteiger partial charge in [-0.05, 0) is 85.3 Å². The van der Waals surface area contributed by atoms with Gasteiger partial charge in [-0.25, -0.2) is 24.3 Å². The molecule has 4 aromatic carbocycles. The minimum absolute atomic E-state index is 0.0259. The van der Waals surface area contributed by atoms with Crippen LogP contribution in [0, 0.1) is 23.7 Å². The van der Waals surface area contributed by atoms with Crippen LogP contribution in [-0.2, 0) is 118 Å². The second-order valence-corrected chi connectivity index (χ2v) is 33.0. The number of hydrogen-bond donors (Lipinski definition) is 9. The highest BCUT2D eigenvalue weighted by atomic mass is 32.7. The number of rotatable bonds is 54. The number of amides is 7. The molecule has 10 rings (SSSR count). The molecule has 3 aliphatic rings. The molecule has 2 aliphatic heterocycles. The molecule has 0 radical (unpaired) electrons. The van der Waals surface area contributed by atoms with Crippen LogP contribution in [0.5, 0.6) is 5.88 Å². The molecule has 1 aliphatic carbocycles. The molecule has 0 spiro atoms. The summed E-state index contributed by atoms with van der Waals surface area (Å²) < 4.78 is 111. The Hall–Kier alpha value is -9.64. The average Bonchev–Trinajstić information content (AvgIpc) is 1.60. The van der Waals surface area contributed by atoms with Crippen LogP contribution < -0.4 is 41.8 Å². The van der Waals surface area contributed by atoms with Gasteiger partial charge in [0.25, 0.3) is 11.5 Å². The number of anilines is 3. The summed E-state index contributed by atoms with van der Waals surface area (Å²) >= 11 is 8.26. The predicted octanol–water partition coefficient (Wildman–Crippen LogP) is 6.35. The van der Waals surface area contributed by atoms with Crippen molar-refractivity contribution in [2.24, 2.45) is 11.8 Å². The van der Waals surface area contributed by atoms with Crippen LogP contribution in [0.15, 0.2) is 127 Å². The Labute approximate surface area is 739 Å². The molecule has 0 bridgehead atoms. The molecule has 3 aromatic heterocycles. The molecule has 682 valence electrons. The number of H-pyrrole nitrogens is 1. The van der Waals surface area contributed by atoms with Crippen molar-refractivity contribution in [3.8, 4) is 17.7 Å². The molecule has 7 amide bonds. The minimum atomic E-state index is -4.39. The summed E-state index contributed by atoms with van der Waals surface area (Å²) in [7, 11) is -0.268. The van der Waals surface area contributed by atoms with Crippen molar-refractivity contribution in [2.45, 2.75) is 121 Å². The number of fused-ring (bicyclic) bond motifs is 3. The molecule has 2 fully saturated rings. The third kappa shape index (κ3) is 31.4. The molecule has 43 heteroatoms. The van der Waals surface area contributed by atoms with Gasteiger partial charge in [0, 0.05) is 86.4 Å². The molecule has 7 N–H and O–H groups in total. The molecule has 1 saturated carbocycles. The van der Waals surface area contributed by atoms with Gasteiger partial charge < -0.3 is 102 Å². The number of benzene rings is 4. The van der Waals surface area contributed by atoms with Crippen molar-refractivity contribution in [3.05, 3.63) is 166 Å². The molecular weight excluding hydrogens is 1720 g/mol. The Morgan fingerprint density at radius 2 is 1.36 bits per heavy atom. The Morgan fingerprint density at radius 1 is 0.722 bits per heavy atom. The normalized spacial score (nSPS) is 18.1. The van der Waals surface area contributed by atoms with Crippen molar-refractivity contribution in [2.75, 3.05) is 148 Å². The summed E-state index contributed by atoms with van der Waals surface area (Å²) in [6.45, 7) is 5.78. The summed E-state index contributed by atoms with van der Waals surface area (Å²) in [6.07, 6.45) is -2.55. The fourth-order valence-electron chi connectivity index (χ4n) is 13.3. The Kier molecular flexibility index (Phi) is 40.7. The number of ether oxygens (including phenoxy) is 11. The number of aromatic amines is 1. The largest absolute Gasteiger partial charge is 0.474 e. The SMILES string of the molecule is CC(C)[C@H](NC(=O)CCOCCOCCOCCOCCOCCOCCOCCOCCNC(=O)CCC(=O)N1Cc2ccccc2C#Cc2ccccc21)C(=O)N[C@@H](C)C(=O)Nc1ccc(COC(=O)N(C)Cc2ccccc2C(=O)Nc2nc3c(ncn3[C@@H]3O[C@H](CO[PH2]=O)[C@@H](O)[C@H]3O[P@](=O)(S)OC[C@H]3C[C@@H](Oc4ccncn4)C[C@@H]3OS)c(=O)[nH]2)cc1. The smallest absolute Gasteiger partial charge is 0.410 e. The minimum Gasteiger partial charge on any atom is -0.474 e. The maximum absolute atomic E-state index is 14.0. The monoisotopic (exact) mass is 1830 g/mol. The molecule has 7 aromatic rings. The number of aromatic nitrogens is 6. The second kappa shape index (κ2) is 52.0. The summed E-state index contributed by atoms with van der Waals surface area (Å²) in [5, 5.41) is 25.1. The number of carbonyl (C=O) groups excluding carboxylic acids is 7. The third-order valence-electron chi connectivity index (χ3n) is 19.8. The molecule has 11 atom stereocenters. The highest BCUT2D eigenvalue weighted by Gasteiger charge is 2.50. The number of carbonyl (C=O) groups is 7. The molecule has 1 saturated heterocycles. The van der Waals surface area contributed by atoms with Gasteiger partial charge >= 0.3 is 12.9 Å². The zero-order valence-corrected chi connectivity index (χ0v) is 74.0. The van der Waals surface area contributed by atoms with E-state index in [4.69, 9.17) is 69.9 Å². The van der Waals surface area contributed by atoms with Gasteiger partial charge in [-0.2, -0.15) is 4.98 Å². The first kappa shape index (κ1) is 98.5. The van der Waals surface area contributed by atoms with Crippen molar-refractivity contribution in [1.82, 2.24) is 50.3 Å². The van der Waals surface area contributed by atoms with E-state index >= 15 is 0 Å². The van der Waals surface area contributed by atoms with E-state index in [1.54, 1.807) is 67.3 Å². The van der Waals surface area contributed by atoms with Crippen LogP contribution in [0.3, 0.4) is 0 Å². The first-order valence-electron chi connectivity index (χ1n) is 40.9. The third-order valence-corrected chi connectivity index (χ3v) is 22.0. The van der Waals surface area contributed by atoms with Gasteiger partial charge in [0.1, 0.15) is 49.4 Å². The molecule has 39 nitrogen and oxygen atoms in total. The maximum Gasteiger partial charge on any atom is 0.410 e. The van der Waals surface area contributed by atoms with Crippen molar-refractivity contribution >= 4 is 111 Å². The number of nitrogens with zero attached hydrogens (tertiary/aromatic N) is 7. The van der Waals surface area contributed by atoms with Crippen LogP contribution >= 0.6 is 40.6 Å². The number of aliphatic hydroxyl groups excluding tert-OH is 1. The van der Waals surface area contributed by atoms with Crippen LogP contribution in [0.4, 0.5) is 22.1 Å². The maximum atomic E-state index is 14.0. The average molecular weight is 1830 g/mol. The van der Waals surface area contributed by atoms with E-state index in [1.807, 2.05) is 48.5 Å². The van der Waals surface area contributed by atoms with E-state index in [-0.39, 0.29) is 112 Å². The number of para-hydroxylation sites is 1. The zero-order chi connectivity index (χ0) is 89.6. The fraction of sp³-hybridized carbons (Fsp3) is 0.494. The van der Waals surface area contributed by atoms with Crippen LogP contribution in [0.2, 0.25) is 0 Å². The number of thiol groups is 2. The summed E-state index contributed by atoms with van der Waals surface area (Å²) in [6, 6.07) is 27.7. The van der Waals surface area contributed by atoms with E-state index in [2.05, 4.69) is 88.5 Å². The van der Waals surface area contributed by atoms with Gasteiger partial charge in [0.05, 0.1) is 144 Å². The molecular formula is C83H107N13O26P2S2. The number of imidazole rings is 1. The van der Waals surface area contributed by atoms with Crippen molar-refractivity contribution in [1.29, 1.82) is 0 Å². The second-order valence-electron chi connectivity index (χ2n) is 29.4. The fourth-order valence-corrected chi connectivity index (χ4v) is 15.3. The summed E-state index contributed by atoms with van der Waals surface area (Å²) in [5.41, 5.74) is 3.51. The molecule has 1 unspecified atom stereocenters. The Morgan fingerprint density at radius 3 is 2.02 bits per heavy atom. The summed E-state index contributed by atoms with van der Waals surface area (Å²) in [4.78, 5) is 129. The lowest BCUT2D eigenvalue weighted by Gasteiger charge is -2.26. The van der Waals surface area contributed by atoms with Crippen LogP contribution in [0.25, 0.3) is 11.2 Å². The van der Waals surface area contributed by atoms with E-state index in [0.29, 0.717) is 135 Å². The van der Waals surface area contributed by atoms with Crippen molar-refractivity contribution < 1.29 is 118 Å². The highest BCUT2D eigenvalue weighted by Crippen LogP contribution is 2.57. The van der Waals surface area contributed by atoms with Gasteiger partial charge in [-0.15, -0.1) is 0 Å². The Balaban J connectivity index is 0.528. The lowest BCUT2D eigenvalue weighted by molar-refractivity contribution is -0.132. The van der Waals surface area contributed by atoms with Gasteiger partial charge in [0.15, 0.2) is 26.1 Å². The van der Waals surface area contributed by atoms with Gasteiger partial charge in [0.2, 0.25) is 41.4 Å². The predicted molar refractivity (Wildman–Crippen MR) is 464 cm³/mol. The van der Waals surface area contributed by atoms with E-state index in [0.717, 1.165) is 28.7 Å². The van der Waals surface area contributed by atoms with E-state index < -0.39 is 99.4 Å². The quantitative estimate of drug-likeness (QED) is 0.00658. The first-order chi connectivity index (χ1) is 61.0. The zero-order valence-electron chi connectivity index (χ0n) is 70.1. The van der Waals surface area contributed by atoms with E-state index in [1.165, 1.54) is 42.0 Å². The lowest BCUT2D eigenvalue weighted by atomic mass is 10.0.